The topological polar surface area (TPSA) is 102 Å². The molecule has 156 valence electrons. The van der Waals surface area contributed by atoms with Gasteiger partial charge in [-0.25, -0.2) is 4.79 Å². The number of rotatable bonds is 8. The quantitative estimate of drug-likeness (QED) is 0.257. The maximum Gasteiger partial charge on any atom is 0.347 e. The Hall–Kier alpha value is -4.31. The first kappa shape index (κ1) is 21.4. The van der Waals surface area contributed by atoms with Gasteiger partial charge in [-0.15, -0.1) is 0 Å². The molecule has 1 heterocycles. The monoisotopic (exact) mass is 416 g/mol. The fraction of sp³-hybridized carbons (Fsp3) is 0.125. The molecule has 7 nitrogen and oxygen atoms in total. The van der Waals surface area contributed by atoms with Crippen LogP contribution < -0.4 is 14.8 Å². The van der Waals surface area contributed by atoms with Gasteiger partial charge in [0.1, 0.15) is 34.5 Å². The van der Waals surface area contributed by atoms with E-state index in [4.69, 9.17) is 13.9 Å². The second-order valence-corrected chi connectivity index (χ2v) is 6.32. The van der Waals surface area contributed by atoms with Crippen molar-refractivity contribution in [1.29, 1.82) is 5.26 Å². The molecule has 3 rings (SSSR count). The minimum Gasteiger partial charge on any atom is -0.493 e. The molecule has 7 heteroatoms. The Labute approximate surface area is 179 Å². The smallest absolute Gasteiger partial charge is 0.347 e. The summed E-state index contributed by atoms with van der Waals surface area (Å²) >= 11 is 0. The number of para-hydroxylation sites is 1. The molecule has 1 N–H and O–H groups in total. The molecule has 31 heavy (non-hydrogen) atoms. The van der Waals surface area contributed by atoms with Gasteiger partial charge in [0.25, 0.3) is 5.91 Å². The summed E-state index contributed by atoms with van der Waals surface area (Å²) in [6.45, 7) is 2.45. The van der Waals surface area contributed by atoms with E-state index >= 15 is 0 Å². The number of carbonyl (C=O) groups is 2. The van der Waals surface area contributed by atoms with Crippen LogP contribution in [0.15, 0.2) is 76.9 Å². The molecule has 0 aliphatic heterocycles. The third kappa shape index (κ3) is 5.84. The van der Waals surface area contributed by atoms with Crippen molar-refractivity contribution >= 4 is 18.0 Å². The van der Waals surface area contributed by atoms with Gasteiger partial charge in [0.05, 0.1) is 19.4 Å². The molecule has 0 saturated heterocycles. The fourth-order valence-electron chi connectivity index (χ4n) is 2.70. The molecule has 0 spiro atoms. The van der Waals surface area contributed by atoms with Crippen molar-refractivity contribution in [3.63, 3.8) is 0 Å². The molecule has 0 fully saturated rings. The van der Waals surface area contributed by atoms with Crippen molar-refractivity contribution in [1.82, 2.24) is 5.32 Å². The van der Waals surface area contributed by atoms with Gasteiger partial charge in [-0.05, 0) is 55.0 Å². The van der Waals surface area contributed by atoms with Gasteiger partial charge in [0, 0.05) is 0 Å². The van der Waals surface area contributed by atoms with E-state index in [9.17, 15) is 14.9 Å². The normalized spacial score (nSPS) is 10.8. The van der Waals surface area contributed by atoms with Gasteiger partial charge in [-0.3, -0.25) is 4.79 Å². The molecule has 0 aliphatic rings. The number of nitrogens with one attached hydrogen (secondary N) is 1. The average Bonchev–Trinajstić information content (AvgIpc) is 3.31. The van der Waals surface area contributed by atoms with Crippen LogP contribution in [0.2, 0.25) is 0 Å². The number of esters is 1. The highest BCUT2D eigenvalue weighted by Crippen LogP contribution is 2.21. The summed E-state index contributed by atoms with van der Waals surface area (Å²) in [5.41, 5.74) is 0.884. The largest absolute Gasteiger partial charge is 0.493 e. The summed E-state index contributed by atoms with van der Waals surface area (Å²) in [6.07, 6.45) is 2.96. The molecule has 0 saturated carbocycles. The van der Waals surface area contributed by atoms with Crippen molar-refractivity contribution in [3.05, 3.63) is 89.4 Å². The van der Waals surface area contributed by atoms with Crippen molar-refractivity contribution in [2.45, 2.75) is 13.5 Å². The molecule has 1 aromatic heterocycles. The van der Waals surface area contributed by atoms with Gasteiger partial charge >= 0.3 is 5.97 Å². The van der Waals surface area contributed by atoms with E-state index in [1.165, 1.54) is 12.3 Å². The Morgan fingerprint density at radius 2 is 1.87 bits per heavy atom. The van der Waals surface area contributed by atoms with Crippen LogP contribution in [-0.2, 0) is 11.3 Å². The number of carbonyl (C=O) groups excluding carboxylic acids is 2. The first-order valence-electron chi connectivity index (χ1n) is 9.57. The van der Waals surface area contributed by atoms with E-state index < -0.39 is 11.9 Å². The molecule has 0 aliphatic carbocycles. The predicted octanol–water partition coefficient (Wildman–Crippen LogP) is 4.12. The van der Waals surface area contributed by atoms with Crippen LogP contribution in [0.5, 0.6) is 11.5 Å². The number of hydrogen-bond acceptors (Lipinski definition) is 6. The van der Waals surface area contributed by atoms with E-state index in [1.807, 2.05) is 13.0 Å². The second kappa shape index (κ2) is 10.5. The highest BCUT2D eigenvalue weighted by atomic mass is 16.5. The summed E-state index contributed by atoms with van der Waals surface area (Å²) in [7, 11) is 0. The third-order valence-corrected chi connectivity index (χ3v) is 4.18. The SMILES string of the molecule is CCOc1ccccc1C(=O)Oc1ccc(/C=C(\C#N)C(=O)NCc2ccco2)cc1. The van der Waals surface area contributed by atoms with Crippen LogP contribution in [0.1, 0.15) is 28.6 Å². The van der Waals surface area contributed by atoms with Gasteiger partial charge in [-0.2, -0.15) is 5.26 Å². The minimum absolute atomic E-state index is 0.0538. The zero-order valence-electron chi connectivity index (χ0n) is 16.8. The van der Waals surface area contributed by atoms with E-state index in [0.717, 1.165) is 0 Å². The first-order valence-corrected chi connectivity index (χ1v) is 9.57. The lowest BCUT2D eigenvalue weighted by atomic mass is 10.1. The van der Waals surface area contributed by atoms with Crippen molar-refractivity contribution < 1.29 is 23.5 Å². The Bertz CT molecular complexity index is 1110. The van der Waals surface area contributed by atoms with Gasteiger partial charge in [0.15, 0.2) is 0 Å². The summed E-state index contributed by atoms with van der Waals surface area (Å²) in [5.74, 6) is 0.315. The molecule has 0 atom stereocenters. The number of furan rings is 1. The number of ether oxygens (including phenoxy) is 2. The molecular formula is C24H20N2O5. The molecule has 3 aromatic rings. The molecule has 0 radical (unpaired) electrons. The lowest BCUT2D eigenvalue weighted by molar-refractivity contribution is -0.117. The van der Waals surface area contributed by atoms with E-state index in [2.05, 4.69) is 5.32 Å². The van der Waals surface area contributed by atoms with E-state index in [1.54, 1.807) is 60.7 Å². The Morgan fingerprint density at radius 1 is 1.10 bits per heavy atom. The van der Waals surface area contributed by atoms with Crippen LogP contribution in [-0.4, -0.2) is 18.5 Å². The standard InChI is InChI=1S/C24H20N2O5/c1-2-29-22-8-4-3-7-21(22)24(28)31-19-11-9-17(10-12-19)14-18(15-25)23(27)26-16-20-6-5-13-30-20/h3-14H,2,16H2,1H3,(H,26,27)/b18-14+. The molecule has 0 unspecified atom stereocenters. The minimum atomic E-state index is -0.539. The van der Waals surface area contributed by atoms with Crippen LogP contribution >= 0.6 is 0 Å². The van der Waals surface area contributed by atoms with E-state index in [0.29, 0.717) is 35.0 Å². The fourth-order valence-corrected chi connectivity index (χ4v) is 2.70. The Morgan fingerprint density at radius 3 is 2.55 bits per heavy atom. The van der Waals surface area contributed by atoms with Crippen LogP contribution in [0, 0.1) is 11.3 Å². The number of hydrogen-bond donors (Lipinski definition) is 1. The maximum atomic E-state index is 12.5. The van der Waals surface area contributed by atoms with E-state index in [-0.39, 0.29) is 12.1 Å². The molecule has 0 bridgehead atoms. The Kier molecular flexibility index (Phi) is 7.22. The van der Waals surface area contributed by atoms with Crippen LogP contribution in [0.4, 0.5) is 0 Å². The van der Waals surface area contributed by atoms with Gasteiger partial charge < -0.3 is 19.2 Å². The zero-order chi connectivity index (χ0) is 22.1. The highest BCUT2D eigenvalue weighted by Gasteiger charge is 2.14. The number of benzene rings is 2. The highest BCUT2D eigenvalue weighted by molar-refractivity contribution is 6.01. The lowest BCUT2D eigenvalue weighted by Gasteiger charge is -2.09. The van der Waals surface area contributed by atoms with Crippen molar-refractivity contribution in [3.8, 4) is 17.6 Å². The zero-order valence-corrected chi connectivity index (χ0v) is 16.8. The number of nitriles is 1. The molecule has 1 amide bonds. The van der Waals surface area contributed by atoms with Gasteiger partial charge in [0.2, 0.25) is 0 Å². The van der Waals surface area contributed by atoms with Gasteiger partial charge in [-0.1, -0.05) is 24.3 Å². The maximum absolute atomic E-state index is 12.5. The van der Waals surface area contributed by atoms with Crippen molar-refractivity contribution in [2.24, 2.45) is 0 Å². The third-order valence-electron chi connectivity index (χ3n) is 4.18. The molecule has 2 aromatic carbocycles. The Balaban J connectivity index is 1.65. The summed E-state index contributed by atoms with van der Waals surface area (Å²) in [5, 5.41) is 11.9. The summed E-state index contributed by atoms with van der Waals surface area (Å²) in [4.78, 5) is 24.7. The number of nitrogens with zero attached hydrogens (tertiary/aromatic N) is 1. The summed E-state index contributed by atoms with van der Waals surface area (Å²) < 4.78 is 16.0. The number of amides is 1. The van der Waals surface area contributed by atoms with Crippen molar-refractivity contribution in [2.75, 3.05) is 6.61 Å². The van der Waals surface area contributed by atoms with Crippen LogP contribution in [0.3, 0.4) is 0 Å². The predicted molar refractivity (Wildman–Crippen MR) is 113 cm³/mol. The average molecular weight is 416 g/mol. The lowest BCUT2D eigenvalue weighted by Crippen LogP contribution is -2.23. The summed E-state index contributed by atoms with van der Waals surface area (Å²) in [6, 6.07) is 18.6. The molecular weight excluding hydrogens is 396 g/mol. The van der Waals surface area contributed by atoms with Crippen LogP contribution in [0.25, 0.3) is 6.08 Å². The first-order chi connectivity index (χ1) is 15.1. The second-order valence-electron chi connectivity index (χ2n) is 6.32.